The van der Waals surface area contributed by atoms with Crippen LogP contribution in [0.4, 0.5) is 24.8 Å². The van der Waals surface area contributed by atoms with E-state index in [4.69, 9.17) is 16.3 Å². The minimum atomic E-state index is -4.58. The van der Waals surface area contributed by atoms with Gasteiger partial charge in [-0.05, 0) is 31.5 Å². The van der Waals surface area contributed by atoms with Crippen LogP contribution in [0.25, 0.3) is 0 Å². The average molecular weight is 388 g/mol. The summed E-state index contributed by atoms with van der Waals surface area (Å²) in [6.07, 6.45) is -1.32. The molecule has 4 nitrogen and oxygen atoms in total. The van der Waals surface area contributed by atoms with Gasteiger partial charge in [-0.25, -0.2) is 4.98 Å². The Hall–Kier alpha value is -2.02. The van der Waals surface area contributed by atoms with Crippen LogP contribution in [0.5, 0.6) is 5.88 Å². The third-order valence-corrected chi connectivity index (χ3v) is 3.95. The van der Waals surface area contributed by atoms with Gasteiger partial charge in [-0.3, -0.25) is 0 Å². The van der Waals surface area contributed by atoms with E-state index < -0.39 is 17.6 Å². The Kier molecular flexibility index (Phi) is 7.08. The third-order valence-electron chi connectivity index (χ3n) is 3.71. The van der Waals surface area contributed by atoms with E-state index >= 15 is 0 Å². The molecule has 0 aliphatic heterocycles. The summed E-state index contributed by atoms with van der Waals surface area (Å²) in [5.74, 6) is -0.313. The van der Waals surface area contributed by atoms with Gasteiger partial charge in [0.15, 0.2) is 0 Å². The maximum absolute atomic E-state index is 13.2. The van der Waals surface area contributed by atoms with Crippen LogP contribution in [-0.4, -0.2) is 23.1 Å². The zero-order chi connectivity index (χ0) is 19.2. The molecule has 142 valence electrons. The molecule has 26 heavy (non-hydrogen) atoms. The van der Waals surface area contributed by atoms with Gasteiger partial charge in [-0.1, -0.05) is 37.4 Å². The molecule has 0 amide bonds. The van der Waals surface area contributed by atoms with E-state index in [9.17, 15) is 13.2 Å². The normalized spacial score (nSPS) is 11.5. The summed E-state index contributed by atoms with van der Waals surface area (Å²) in [4.78, 5) is 9.61. The number of nitrogens with zero attached hydrogens (tertiary/aromatic N) is 3. The van der Waals surface area contributed by atoms with Gasteiger partial charge < -0.3 is 9.64 Å². The molecule has 0 radical (unpaired) electrons. The molecule has 0 saturated heterocycles. The van der Waals surface area contributed by atoms with Crippen molar-refractivity contribution in [1.29, 1.82) is 0 Å². The molecule has 1 aromatic carbocycles. The van der Waals surface area contributed by atoms with Crippen LogP contribution >= 0.6 is 11.6 Å². The number of hydrogen-bond donors (Lipinski definition) is 0. The summed E-state index contributed by atoms with van der Waals surface area (Å²) in [5, 5.41) is 0.518. The van der Waals surface area contributed by atoms with Crippen molar-refractivity contribution in [3.05, 3.63) is 41.0 Å². The fraction of sp³-hybridized carbons (Fsp3) is 0.444. The van der Waals surface area contributed by atoms with Gasteiger partial charge in [0.05, 0.1) is 6.61 Å². The summed E-state index contributed by atoms with van der Waals surface area (Å²) >= 11 is 6.01. The number of aromatic nitrogens is 2. The molecule has 1 aromatic heterocycles. The van der Waals surface area contributed by atoms with E-state index in [-0.39, 0.29) is 12.6 Å². The molecule has 0 spiro atoms. The Bertz CT molecular complexity index is 725. The quantitative estimate of drug-likeness (QED) is 0.530. The molecule has 2 rings (SSSR count). The SMILES string of the molecule is CCCCCOc1nc(N(CC)c2cccc(Cl)c2)ncc1C(F)(F)F. The van der Waals surface area contributed by atoms with Gasteiger partial charge in [0.1, 0.15) is 5.56 Å². The molecule has 0 bridgehead atoms. The highest BCUT2D eigenvalue weighted by Gasteiger charge is 2.36. The van der Waals surface area contributed by atoms with Crippen LogP contribution in [0.2, 0.25) is 5.02 Å². The van der Waals surface area contributed by atoms with Crippen molar-refractivity contribution in [3.8, 4) is 5.88 Å². The van der Waals surface area contributed by atoms with E-state index in [0.29, 0.717) is 23.7 Å². The summed E-state index contributed by atoms with van der Waals surface area (Å²) < 4.78 is 45.0. The van der Waals surface area contributed by atoms with Gasteiger partial charge in [0, 0.05) is 23.5 Å². The second kappa shape index (κ2) is 9.07. The van der Waals surface area contributed by atoms with E-state index in [1.807, 2.05) is 13.8 Å². The predicted octanol–water partition coefficient (Wildman–Crippen LogP) is 5.88. The molecule has 0 unspecified atom stereocenters. The highest BCUT2D eigenvalue weighted by molar-refractivity contribution is 6.30. The fourth-order valence-electron chi connectivity index (χ4n) is 2.40. The molecule has 2 aromatic rings. The first-order valence-electron chi connectivity index (χ1n) is 8.47. The molecule has 0 aliphatic carbocycles. The first-order valence-corrected chi connectivity index (χ1v) is 8.84. The number of halogens is 4. The molecule has 0 atom stereocenters. The first kappa shape index (κ1) is 20.3. The molecule has 8 heteroatoms. The summed E-state index contributed by atoms with van der Waals surface area (Å²) in [6, 6.07) is 6.97. The van der Waals surface area contributed by atoms with E-state index in [1.54, 1.807) is 29.2 Å². The second-order valence-corrected chi connectivity index (χ2v) is 6.10. The van der Waals surface area contributed by atoms with Crippen molar-refractivity contribution >= 4 is 23.2 Å². The number of benzene rings is 1. The van der Waals surface area contributed by atoms with Gasteiger partial charge in [-0.2, -0.15) is 18.2 Å². The van der Waals surface area contributed by atoms with Crippen LogP contribution in [0.3, 0.4) is 0 Å². The Balaban J connectivity index is 2.36. The van der Waals surface area contributed by atoms with Gasteiger partial charge in [0.25, 0.3) is 0 Å². The van der Waals surface area contributed by atoms with Crippen molar-refractivity contribution in [2.24, 2.45) is 0 Å². The Morgan fingerprint density at radius 3 is 2.58 bits per heavy atom. The van der Waals surface area contributed by atoms with E-state index in [1.165, 1.54) is 0 Å². The van der Waals surface area contributed by atoms with Crippen LogP contribution in [-0.2, 0) is 6.18 Å². The standard InChI is InChI=1S/C18H21ClF3N3O/c1-3-5-6-10-26-16-15(18(20,21)22)12-23-17(24-16)25(4-2)14-9-7-8-13(19)11-14/h7-9,11-12H,3-6,10H2,1-2H3. The summed E-state index contributed by atoms with van der Waals surface area (Å²) in [6.45, 7) is 4.50. The van der Waals surface area contributed by atoms with E-state index in [2.05, 4.69) is 9.97 Å². The number of ether oxygens (including phenoxy) is 1. The lowest BCUT2D eigenvalue weighted by molar-refractivity contribution is -0.139. The average Bonchev–Trinajstić information content (AvgIpc) is 2.59. The van der Waals surface area contributed by atoms with Crippen LogP contribution in [0.15, 0.2) is 30.5 Å². The first-order chi connectivity index (χ1) is 12.4. The fourth-order valence-corrected chi connectivity index (χ4v) is 2.58. The largest absolute Gasteiger partial charge is 0.477 e. The minimum absolute atomic E-state index is 0.133. The Morgan fingerprint density at radius 2 is 1.96 bits per heavy atom. The van der Waals surface area contributed by atoms with Crippen LogP contribution in [0.1, 0.15) is 38.7 Å². The van der Waals surface area contributed by atoms with Crippen LogP contribution < -0.4 is 9.64 Å². The van der Waals surface area contributed by atoms with Gasteiger partial charge >= 0.3 is 6.18 Å². The molecular formula is C18H21ClF3N3O. The lowest BCUT2D eigenvalue weighted by Gasteiger charge is -2.22. The summed E-state index contributed by atoms with van der Waals surface area (Å²) in [5.41, 5.74) is -0.281. The van der Waals surface area contributed by atoms with Crippen molar-refractivity contribution in [1.82, 2.24) is 9.97 Å². The van der Waals surface area contributed by atoms with Crippen molar-refractivity contribution in [2.75, 3.05) is 18.1 Å². The topological polar surface area (TPSA) is 38.2 Å². The smallest absolute Gasteiger partial charge is 0.423 e. The Labute approximate surface area is 156 Å². The third kappa shape index (κ3) is 5.24. The minimum Gasteiger partial charge on any atom is -0.477 e. The highest BCUT2D eigenvalue weighted by atomic mass is 35.5. The second-order valence-electron chi connectivity index (χ2n) is 5.67. The zero-order valence-electron chi connectivity index (χ0n) is 14.7. The van der Waals surface area contributed by atoms with E-state index in [0.717, 1.165) is 19.0 Å². The molecule has 0 aliphatic rings. The van der Waals surface area contributed by atoms with Crippen molar-refractivity contribution in [2.45, 2.75) is 39.3 Å². The number of unbranched alkanes of at least 4 members (excludes halogenated alkanes) is 2. The lowest BCUT2D eigenvalue weighted by atomic mass is 10.2. The molecule has 0 saturated carbocycles. The predicted molar refractivity (Wildman–Crippen MR) is 96.2 cm³/mol. The highest BCUT2D eigenvalue weighted by Crippen LogP contribution is 2.36. The maximum Gasteiger partial charge on any atom is 0.423 e. The van der Waals surface area contributed by atoms with Gasteiger partial charge in [0.2, 0.25) is 11.8 Å². The molecule has 0 N–H and O–H groups in total. The van der Waals surface area contributed by atoms with Crippen LogP contribution in [0, 0.1) is 0 Å². The van der Waals surface area contributed by atoms with Crippen molar-refractivity contribution in [3.63, 3.8) is 0 Å². The maximum atomic E-state index is 13.2. The van der Waals surface area contributed by atoms with Crippen molar-refractivity contribution < 1.29 is 17.9 Å². The summed E-state index contributed by atoms with van der Waals surface area (Å²) in [7, 11) is 0. The number of anilines is 2. The zero-order valence-corrected chi connectivity index (χ0v) is 15.4. The molecular weight excluding hydrogens is 367 g/mol. The monoisotopic (exact) mass is 387 g/mol. The van der Waals surface area contributed by atoms with Gasteiger partial charge in [-0.15, -0.1) is 0 Å². The Morgan fingerprint density at radius 1 is 1.19 bits per heavy atom. The molecule has 0 fully saturated rings. The number of rotatable bonds is 8. The number of hydrogen-bond acceptors (Lipinski definition) is 4. The molecule has 1 heterocycles. The number of alkyl halides is 3. The lowest BCUT2D eigenvalue weighted by Crippen LogP contribution is -2.21.